The molecule has 0 aliphatic carbocycles. The van der Waals surface area contributed by atoms with Crippen molar-refractivity contribution >= 4 is 23.2 Å². The van der Waals surface area contributed by atoms with E-state index in [9.17, 15) is 9.90 Å². The van der Waals surface area contributed by atoms with Crippen LogP contribution in [0.15, 0.2) is 11.6 Å². The number of rotatable bonds is 8. The fraction of sp³-hybridized carbons (Fsp3) is 0.500. The second-order valence-electron chi connectivity index (χ2n) is 6.39. The van der Waals surface area contributed by atoms with E-state index in [2.05, 4.69) is 0 Å². The van der Waals surface area contributed by atoms with Gasteiger partial charge in [0.1, 0.15) is 23.7 Å². The van der Waals surface area contributed by atoms with Crippen molar-refractivity contribution < 1.29 is 24.1 Å². The van der Waals surface area contributed by atoms with Crippen molar-refractivity contribution in [3.8, 4) is 11.5 Å². The number of fused-ring (bicyclic) bond motifs is 1. The Morgan fingerprint density at radius 3 is 2.77 bits per heavy atom. The molecule has 0 aromatic heterocycles. The van der Waals surface area contributed by atoms with Gasteiger partial charge < -0.3 is 19.3 Å². The zero-order valence-corrected chi connectivity index (χ0v) is 16.6. The van der Waals surface area contributed by atoms with Crippen LogP contribution in [0, 0.1) is 6.92 Å². The summed E-state index contributed by atoms with van der Waals surface area (Å²) in [5.74, 6) is 0.0739. The summed E-state index contributed by atoms with van der Waals surface area (Å²) in [7, 11) is 1.56. The van der Waals surface area contributed by atoms with E-state index in [0.717, 1.165) is 24.0 Å². The molecule has 26 heavy (non-hydrogen) atoms. The maximum Gasteiger partial charge on any atom is 0.342 e. The van der Waals surface area contributed by atoms with E-state index in [1.54, 1.807) is 7.11 Å². The molecule has 0 unspecified atom stereocenters. The van der Waals surface area contributed by atoms with E-state index in [1.165, 1.54) is 0 Å². The van der Waals surface area contributed by atoms with E-state index in [-0.39, 0.29) is 17.9 Å². The number of allylic oxidation sites excluding steroid dienone is 2. The van der Waals surface area contributed by atoms with Gasteiger partial charge in [0.05, 0.1) is 13.7 Å². The number of cyclic esters (lactones) is 1. The molecule has 6 heteroatoms. The molecule has 2 rings (SSSR count). The molecule has 0 fully saturated rings. The van der Waals surface area contributed by atoms with Crippen LogP contribution in [0.4, 0.5) is 0 Å². The molecule has 1 aromatic carbocycles. The van der Waals surface area contributed by atoms with Crippen LogP contribution in [-0.4, -0.2) is 29.8 Å². The van der Waals surface area contributed by atoms with Crippen LogP contribution in [0.25, 0.3) is 0 Å². The van der Waals surface area contributed by atoms with Gasteiger partial charge in [0, 0.05) is 17.5 Å². The highest BCUT2D eigenvalue weighted by Crippen LogP contribution is 2.42. The van der Waals surface area contributed by atoms with Crippen LogP contribution < -0.4 is 4.74 Å². The van der Waals surface area contributed by atoms with Gasteiger partial charge in [-0.3, -0.25) is 0 Å². The maximum atomic E-state index is 11.9. The Morgan fingerprint density at radius 2 is 2.12 bits per heavy atom. The molecule has 0 spiro atoms. The summed E-state index contributed by atoms with van der Waals surface area (Å²) in [5, 5.41) is 11.2. The first kappa shape index (κ1) is 20.2. The number of methoxy groups -OCH3 is 1. The Hall–Kier alpha value is -2.08. The quantitative estimate of drug-likeness (QED) is 0.411. The molecule has 1 heterocycles. The molecule has 0 saturated heterocycles. The molecule has 1 N–H and O–H groups in total. The average Bonchev–Trinajstić information content (AvgIpc) is 3.02. The average molecular weight is 378 g/mol. The van der Waals surface area contributed by atoms with Gasteiger partial charge >= 0.3 is 5.97 Å². The largest absolute Gasteiger partial charge is 0.507 e. The lowest BCUT2D eigenvalue weighted by atomic mass is 9.94. The van der Waals surface area contributed by atoms with E-state index in [4.69, 9.17) is 26.4 Å². The molecule has 0 saturated carbocycles. The van der Waals surface area contributed by atoms with Crippen molar-refractivity contribution in [1.82, 2.24) is 0 Å². The molecular formula is C20H26O5S. The summed E-state index contributed by atoms with van der Waals surface area (Å²) < 4.78 is 16.0. The molecule has 0 amide bonds. The van der Waals surface area contributed by atoms with Crippen molar-refractivity contribution in [2.45, 2.75) is 53.1 Å². The number of ether oxygens (including phenoxy) is 3. The second-order valence-corrected chi connectivity index (χ2v) is 6.85. The third-order valence-corrected chi connectivity index (χ3v) is 4.81. The van der Waals surface area contributed by atoms with Crippen LogP contribution in [0.2, 0.25) is 0 Å². The molecule has 1 aliphatic rings. The van der Waals surface area contributed by atoms with E-state index >= 15 is 0 Å². The molecule has 1 aromatic rings. The lowest BCUT2D eigenvalue weighted by Crippen LogP contribution is -2.04. The number of thiocarbonyl (C=S) groups is 1. The molecule has 1 aliphatic heterocycles. The molecule has 0 atom stereocenters. The van der Waals surface area contributed by atoms with Crippen molar-refractivity contribution in [2.24, 2.45) is 0 Å². The number of benzene rings is 1. The monoisotopic (exact) mass is 378 g/mol. The number of aromatic hydroxyl groups is 1. The molecule has 0 radical (unpaired) electrons. The van der Waals surface area contributed by atoms with E-state index in [1.807, 2.05) is 26.8 Å². The molecule has 0 bridgehead atoms. The first-order valence-electron chi connectivity index (χ1n) is 8.80. The van der Waals surface area contributed by atoms with Crippen LogP contribution in [0.5, 0.6) is 11.5 Å². The minimum absolute atomic E-state index is 0.0456. The van der Waals surface area contributed by atoms with Gasteiger partial charge in [0.15, 0.2) is 5.05 Å². The normalized spacial score (nSPS) is 13.4. The highest BCUT2D eigenvalue weighted by molar-refractivity contribution is 7.80. The highest BCUT2D eigenvalue weighted by Gasteiger charge is 2.31. The number of carbonyl (C=O) groups excluding carboxylic acids is 1. The minimum Gasteiger partial charge on any atom is -0.507 e. The summed E-state index contributed by atoms with van der Waals surface area (Å²) in [6.07, 6.45) is 4.90. The summed E-state index contributed by atoms with van der Waals surface area (Å²) in [6, 6.07) is 0. The maximum absolute atomic E-state index is 11.9. The molecule has 5 nitrogen and oxygen atoms in total. The number of hydrogen-bond donors (Lipinski definition) is 1. The Morgan fingerprint density at radius 1 is 1.38 bits per heavy atom. The SMILES string of the molecule is CCCOC(=S)CC/C(C)=C/Cc1c(O)c2c(c(C)c1OC)COC2=O. The Bertz CT molecular complexity index is 736. The number of carbonyl (C=O) groups is 1. The topological polar surface area (TPSA) is 65.0 Å². The van der Waals surface area contributed by atoms with Gasteiger partial charge in [0.25, 0.3) is 0 Å². The predicted molar refractivity (Wildman–Crippen MR) is 104 cm³/mol. The highest BCUT2D eigenvalue weighted by atomic mass is 32.1. The van der Waals surface area contributed by atoms with E-state index < -0.39 is 5.97 Å². The standard InChI is InChI=1S/C20H26O5S/c1-5-10-24-16(26)9-7-12(2)6-8-14-18(21)17-15(11-25-20(17)22)13(3)19(14)23-4/h6,21H,5,7-11H2,1-4H3/b12-6+. The zero-order chi connectivity index (χ0) is 19.3. The summed E-state index contributed by atoms with van der Waals surface area (Å²) >= 11 is 5.20. The third kappa shape index (κ3) is 4.36. The van der Waals surface area contributed by atoms with E-state index in [0.29, 0.717) is 41.4 Å². The Balaban J connectivity index is 2.16. The van der Waals surface area contributed by atoms with Gasteiger partial charge in [-0.15, -0.1) is 0 Å². The first-order chi connectivity index (χ1) is 12.4. The summed E-state index contributed by atoms with van der Waals surface area (Å²) in [4.78, 5) is 11.9. The Labute approximate surface area is 160 Å². The Kier molecular flexibility index (Phi) is 7.03. The van der Waals surface area contributed by atoms with Crippen LogP contribution >= 0.6 is 12.2 Å². The number of phenolic OH excluding ortho intramolecular Hbond substituents is 1. The predicted octanol–water partition coefficient (Wildman–Crippen LogP) is 4.40. The minimum atomic E-state index is -0.483. The van der Waals surface area contributed by atoms with Crippen LogP contribution in [0.3, 0.4) is 0 Å². The lowest BCUT2D eigenvalue weighted by molar-refractivity contribution is 0.0533. The van der Waals surface area contributed by atoms with Crippen molar-refractivity contribution in [3.63, 3.8) is 0 Å². The molecular weight excluding hydrogens is 352 g/mol. The third-order valence-electron chi connectivity index (χ3n) is 4.49. The van der Waals surface area contributed by atoms with Crippen molar-refractivity contribution in [2.75, 3.05) is 13.7 Å². The zero-order valence-electron chi connectivity index (χ0n) is 15.8. The van der Waals surface area contributed by atoms with Crippen LogP contribution in [-0.2, 0) is 22.5 Å². The van der Waals surface area contributed by atoms with Gasteiger partial charge in [-0.05, 0) is 50.9 Å². The van der Waals surface area contributed by atoms with Gasteiger partial charge in [-0.1, -0.05) is 18.6 Å². The molecule has 142 valence electrons. The fourth-order valence-electron chi connectivity index (χ4n) is 2.99. The number of phenols is 1. The summed E-state index contributed by atoms with van der Waals surface area (Å²) in [6.45, 7) is 6.76. The van der Waals surface area contributed by atoms with Gasteiger partial charge in [0.2, 0.25) is 0 Å². The smallest absolute Gasteiger partial charge is 0.342 e. The fourth-order valence-corrected chi connectivity index (χ4v) is 3.18. The number of hydrogen-bond acceptors (Lipinski definition) is 6. The van der Waals surface area contributed by atoms with Gasteiger partial charge in [-0.25, -0.2) is 4.79 Å². The van der Waals surface area contributed by atoms with Crippen molar-refractivity contribution in [3.05, 3.63) is 33.9 Å². The van der Waals surface area contributed by atoms with Crippen LogP contribution in [0.1, 0.15) is 60.2 Å². The lowest BCUT2D eigenvalue weighted by Gasteiger charge is -2.15. The van der Waals surface area contributed by atoms with Gasteiger partial charge in [-0.2, -0.15) is 0 Å². The number of esters is 1. The first-order valence-corrected chi connectivity index (χ1v) is 9.21. The second kappa shape index (κ2) is 9.03. The summed E-state index contributed by atoms with van der Waals surface area (Å²) in [5.41, 5.74) is 3.54. The van der Waals surface area contributed by atoms with Crippen molar-refractivity contribution in [1.29, 1.82) is 0 Å².